The molecule has 1 aliphatic rings. The first-order valence-corrected chi connectivity index (χ1v) is 8.68. The van der Waals surface area contributed by atoms with E-state index in [9.17, 15) is 0 Å². The molecule has 1 aromatic carbocycles. The molecule has 0 bridgehead atoms. The minimum atomic E-state index is 0.282. The smallest absolute Gasteiger partial charge is 0.191 e. The first-order chi connectivity index (χ1) is 11.3. The van der Waals surface area contributed by atoms with E-state index in [1.807, 2.05) is 19.1 Å². The van der Waals surface area contributed by atoms with Crippen LogP contribution in [0.5, 0.6) is 5.75 Å². The van der Waals surface area contributed by atoms with Crippen LogP contribution < -0.4 is 15.4 Å². The molecule has 1 unspecified atom stereocenters. The Hall–Kier alpha value is -1.75. The standard InChI is InChI=1S/C18H29N3O2/c1-3-19-18(21-14-16-9-7-13-23-16)20-12-11-15-8-5-6-10-17(15)22-4-2/h5-6,8,10,16H,3-4,7,9,11-14H2,1-2H3,(H2,19,20,21). The van der Waals surface area contributed by atoms with Gasteiger partial charge in [0, 0.05) is 19.7 Å². The number of para-hydroxylation sites is 1. The second-order valence-electron chi connectivity index (χ2n) is 5.57. The van der Waals surface area contributed by atoms with Gasteiger partial charge >= 0.3 is 0 Å². The molecule has 1 heterocycles. The lowest BCUT2D eigenvalue weighted by atomic mass is 10.1. The summed E-state index contributed by atoms with van der Waals surface area (Å²) in [5.41, 5.74) is 1.22. The molecule has 1 atom stereocenters. The molecular weight excluding hydrogens is 290 g/mol. The van der Waals surface area contributed by atoms with E-state index in [4.69, 9.17) is 9.47 Å². The number of nitrogens with one attached hydrogen (secondary N) is 2. The highest BCUT2D eigenvalue weighted by atomic mass is 16.5. The van der Waals surface area contributed by atoms with Crippen molar-refractivity contribution in [1.82, 2.24) is 10.6 Å². The van der Waals surface area contributed by atoms with Crippen molar-refractivity contribution in [2.75, 3.05) is 32.8 Å². The van der Waals surface area contributed by atoms with Crippen LogP contribution in [0.15, 0.2) is 29.3 Å². The lowest BCUT2D eigenvalue weighted by Crippen LogP contribution is -2.39. The van der Waals surface area contributed by atoms with E-state index < -0.39 is 0 Å². The Kier molecular flexibility index (Phi) is 7.73. The fourth-order valence-corrected chi connectivity index (χ4v) is 2.65. The normalized spacial score (nSPS) is 18.0. The zero-order chi connectivity index (χ0) is 16.3. The molecule has 1 fully saturated rings. The summed E-state index contributed by atoms with van der Waals surface area (Å²) in [7, 11) is 0. The molecule has 0 amide bonds. The Morgan fingerprint density at radius 3 is 2.91 bits per heavy atom. The Labute approximate surface area is 139 Å². The van der Waals surface area contributed by atoms with E-state index in [-0.39, 0.29) is 6.10 Å². The number of hydrogen-bond acceptors (Lipinski definition) is 3. The Bertz CT molecular complexity index is 485. The summed E-state index contributed by atoms with van der Waals surface area (Å²) in [6.45, 7) is 8.05. The summed E-state index contributed by atoms with van der Waals surface area (Å²) in [4.78, 5) is 4.62. The third kappa shape index (κ3) is 6.10. The third-order valence-corrected chi connectivity index (χ3v) is 3.78. The van der Waals surface area contributed by atoms with Crippen LogP contribution in [0, 0.1) is 0 Å². The fourth-order valence-electron chi connectivity index (χ4n) is 2.65. The highest BCUT2D eigenvalue weighted by molar-refractivity contribution is 5.79. The van der Waals surface area contributed by atoms with Crippen LogP contribution in [0.3, 0.4) is 0 Å². The van der Waals surface area contributed by atoms with Crippen LogP contribution in [0.1, 0.15) is 32.3 Å². The molecule has 0 aromatic heterocycles. The van der Waals surface area contributed by atoms with E-state index in [0.29, 0.717) is 6.61 Å². The van der Waals surface area contributed by atoms with Crippen molar-refractivity contribution in [3.63, 3.8) is 0 Å². The van der Waals surface area contributed by atoms with Gasteiger partial charge in [-0.1, -0.05) is 18.2 Å². The molecule has 1 aliphatic heterocycles. The quantitative estimate of drug-likeness (QED) is 0.570. The van der Waals surface area contributed by atoms with E-state index in [1.165, 1.54) is 5.56 Å². The number of ether oxygens (including phenoxy) is 2. The SMILES string of the molecule is CCNC(=NCC1CCCO1)NCCc1ccccc1OCC. The molecule has 23 heavy (non-hydrogen) atoms. The predicted molar refractivity (Wildman–Crippen MR) is 94.3 cm³/mol. The summed E-state index contributed by atoms with van der Waals surface area (Å²) in [5, 5.41) is 6.67. The summed E-state index contributed by atoms with van der Waals surface area (Å²) in [5.74, 6) is 1.83. The molecule has 2 N–H and O–H groups in total. The number of benzene rings is 1. The molecule has 5 nitrogen and oxygen atoms in total. The first-order valence-electron chi connectivity index (χ1n) is 8.68. The van der Waals surface area contributed by atoms with Crippen molar-refractivity contribution < 1.29 is 9.47 Å². The summed E-state index contributed by atoms with van der Waals surface area (Å²) in [6.07, 6.45) is 3.45. The van der Waals surface area contributed by atoms with Gasteiger partial charge in [-0.05, 0) is 44.7 Å². The number of nitrogens with zero attached hydrogens (tertiary/aromatic N) is 1. The van der Waals surface area contributed by atoms with Crippen LogP contribution >= 0.6 is 0 Å². The first kappa shape index (κ1) is 17.6. The Balaban J connectivity index is 1.82. The monoisotopic (exact) mass is 319 g/mol. The fraction of sp³-hybridized carbons (Fsp3) is 0.611. The minimum Gasteiger partial charge on any atom is -0.494 e. The molecule has 0 spiro atoms. The lowest BCUT2D eigenvalue weighted by Gasteiger charge is -2.14. The van der Waals surface area contributed by atoms with Gasteiger partial charge in [-0.3, -0.25) is 4.99 Å². The molecular formula is C18H29N3O2. The van der Waals surface area contributed by atoms with Gasteiger partial charge in [0.15, 0.2) is 5.96 Å². The maximum Gasteiger partial charge on any atom is 0.191 e. The Morgan fingerprint density at radius 2 is 2.17 bits per heavy atom. The Morgan fingerprint density at radius 1 is 1.30 bits per heavy atom. The van der Waals surface area contributed by atoms with Crippen molar-refractivity contribution >= 4 is 5.96 Å². The molecule has 128 valence electrons. The summed E-state index contributed by atoms with van der Waals surface area (Å²) in [6, 6.07) is 8.20. The maximum atomic E-state index is 5.67. The van der Waals surface area contributed by atoms with Gasteiger partial charge in [0.05, 0.1) is 19.3 Å². The highest BCUT2D eigenvalue weighted by Gasteiger charge is 2.14. The molecule has 0 radical (unpaired) electrons. The van der Waals surface area contributed by atoms with Gasteiger partial charge in [0.1, 0.15) is 5.75 Å². The van der Waals surface area contributed by atoms with Crippen LogP contribution in [-0.4, -0.2) is 44.9 Å². The van der Waals surface area contributed by atoms with Crippen molar-refractivity contribution in [2.45, 2.75) is 39.2 Å². The minimum absolute atomic E-state index is 0.282. The number of rotatable bonds is 8. The van der Waals surface area contributed by atoms with E-state index in [2.05, 4.69) is 34.7 Å². The van der Waals surface area contributed by atoms with Crippen LogP contribution in [0.25, 0.3) is 0 Å². The van der Waals surface area contributed by atoms with Gasteiger partial charge < -0.3 is 20.1 Å². The molecule has 0 saturated carbocycles. The summed E-state index contributed by atoms with van der Waals surface area (Å²) < 4.78 is 11.3. The number of guanidine groups is 1. The highest BCUT2D eigenvalue weighted by Crippen LogP contribution is 2.18. The molecule has 1 saturated heterocycles. The van der Waals surface area contributed by atoms with E-state index in [0.717, 1.165) is 57.2 Å². The average Bonchev–Trinajstić information content (AvgIpc) is 3.08. The van der Waals surface area contributed by atoms with Gasteiger partial charge in [-0.25, -0.2) is 0 Å². The third-order valence-electron chi connectivity index (χ3n) is 3.78. The van der Waals surface area contributed by atoms with Crippen molar-refractivity contribution in [2.24, 2.45) is 4.99 Å². The number of hydrogen-bond donors (Lipinski definition) is 2. The van der Waals surface area contributed by atoms with Gasteiger partial charge in [0.25, 0.3) is 0 Å². The van der Waals surface area contributed by atoms with Gasteiger partial charge in [0.2, 0.25) is 0 Å². The summed E-state index contributed by atoms with van der Waals surface area (Å²) >= 11 is 0. The van der Waals surface area contributed by atoms with Crippen molar-refractivity contribution in [3.05, 3.63) is 29.8 Å². The molecule has 5 heteroatoms. The van der Waals surface area contributed by atoms with Gasteiger partial charge in [-0.15, -0.1) is 0 Å². The lowest BCUT2D eigenvalue weighted by molar-refractivity contribution is 0.117. The predicted octanol–water partition coefficient (Wildman–Crippen LogP) is 2.36. The van der Waals surface area contributed by atoms with E-state index >= 15 is 0 Å². The maximum absolute atomic E-state index is 5.67. The van der Waals surface area contributed by atoms with Gasteiger partial charge in [-0.2, -0.15) is 0 Å². The largest absolute Gasteiger partial charge is 0.494 e. The van der Waals surface area contributed by atoms with Crippen molar-refractivity contribution in [1.29, 1.82) is 0 Å². The van der Waals surface area contributed by atoms with Crippen LogP contribution in [-0.2, 0) is 11.2 Å². The zero-order valence-corrected chi connectivity index (χ0v) is 14.3. The van der Waals surface area contributed by atoms with Crippen LogP contribution in [0.4, 0.5) is 0 Å². The van der Waals surface area contributed by atoms with E-state index in [1.54, 1.807) is 0 Å². The molecule has 0 aliphatic carbocycles. The van der Waals surface area contributed by atoms with Crippen molar-refractivity contribution in [3.8, 4) is 5.75 Å². The average molecular weight is 319 g/mol. The zero-order valence-electron chi connectivity index (χ0n) is 14.3. The van der Waals surface area contributed by atoms with Crippen LogP contribution in [0.2, 0.25) is 0 Å². The topological polar surface area (TPSA) is 54.9 Å². The molecule has 2 rings (SSSR count). The second kappa shape index (κ2) is 10.1. The molecule has 1 aromatic rings. The number of aliphatic imine (C=N–C) groups is 1. The second-order valence-corrected chi connectivity index (χ2v) is 5.57.